The third-order valence-electron chi connectivity index (χ3n) is 6.52. The molecule has 0 aromatic carbocycles. The Bertz CT molecular complexity index is 596. The second-order valence-corrected chi connectivity index (χ2v) is 9.98. The average Bonchev–Trinajstić information content (AvgIpc) is 2.94. The van der Waals surface area contributed by atoms with E-state index < -0.39 is 15.4 Å². The number of carbonyl (C=O) groups excluding carboxylic acids is 1. The number of sulfonamides is 1. The van der Waals surface area contributed by atoms with Crippen molar-refractivity contribution in [1.29, 1.82) is 0 Å². The summed E-state index contributed by atoms with van der Waals surface area (Å²) in [5, 5.41) is 0. The first-order valence-electron chi connectivity index (χ1n) is 8.56. The summed E-state index contributed by atoms with van der Waals surface area (Å²) in [5.74, 6) is 0.154. The topological polar surface area (TPSA) is 60.9 Å². The maximum atomic E-state index is 13.0. The maximum absolute atomic E-state index is 13.0. The number of likely N-dealkylation sites (tertiary alicyclic amines) is 2. The lowest BCUT2D eigenvalue weighted by molar-refractivity contribution is -0.141. The quantitative estimate of drug-likeness (QED) is 0.737. The number of amides is 1. The Morgan fingerprint density at radius 3 is 2.09 bits per heavy atom. The summed E-state index contributed by atoms with van der Waals surface area (Å²) < 4.78 is 25.9. The van der Waals surface area contributed by atoms with Crippen molar-refractivity contribution in [2.24, 2.45) is 10.8 Å². The van der Waals surface area contributed by atoms with Crippen LogP contribution in [0.2, 0.25) is 0 Å². The van der Waals surface area contributed by atoms with E-state index in [1.165, 1.54) is 6.26 Å². The van der Waals surface area contributed by atoms with Gasteiger partial charge in [0.2, 0.25) is 15.9 Å². The van der Waals surface area contributed by atoms with E-state index in [9.17, 15) is 13.2 Å². The van der Waals surface area contributed by atoms with E-state index >= 15 is 0 Å². The van der Waals surface area contributed by atoms with Crippen molar-refractivity contribution >= 4 is 15.9 Å². The highest BCUT2D eigenvalue weighted by Gasteiger charge is 2.65. The van der Waals surface area contributed by atoms with E-state index in [0.29, 0.717) is 19.1 Å². The van der Waals surface area contributed by atoms with Crippen molar-refractivity contribution in [1.82, 2.24) is 14.1 Å². The zero-order chi connectivity index (χ0) is 17.0. The predicted molar refractivity (Wildman–Crippen MR) is 89.5 cm³/mol. The van der Waals surface area contributed by atoms with Gasteiger partial charge in [-0.25, -0.2) is 12.7 Å². The molecule has 23 heavy (non-hydrogen) atoms. The molecule has 3 saturated heterocycles. The Kier molecular flexibility index (Phi) is 4.05. The SMILES string of the molecule is CC(C)N1CCC2(CC1)CN(S(C)(=O)=O)CC21CCN(C)C1=O. The first kappa shape index (κ1) is 17.2. The van der Waals surface area contributed by atoms with Crippen LogP contribution in [0.5, 0.6) is 0 Å². The maximum Gasteiger partial charge on any atom is 0.230 e. The zero-order valence-corrected chi connectivity index (χ0v) is 15.5. The molecule has 0 aromatic heterocycles. The molecule has 0 N–H and O–H groups in total. The highest BCUT2D eigenvalue weighted by molar-refractivity contribution is 7.88. The van der Waals surface area contributed by atoms with Gasteiger partial charge in [0.25, 0.3) is 0 Å². The Labute approximate surface area is 139 Å². The van der Waals surface area contributed by atoms with Gasteiger partial charge in [-0.3, -0.25) is 4.79 Å². The summed E-state index contributed by atoms with van der Waals surface area (Å²) in [6, 6.07) is 0.498. The number of piperidine rings is 1. The summed E-state index contributed by atoms with van der Waals surface area (Å²) >= 11 is 0. The molecule has 132 valence electrons. The number of nitrogens with zero attached hydrogens (tertiary/aromatic N) is 3. The van der Waals surface area contributed by atoms with Gasteiger partial charge < -0.3 is 9.80 Å². The van der Waals surface area contributed by atoms with E-state index in [1.54, 1.807) is 9.21 Å². The molecule has 1 atom stereocenters. The number of rotatable bonds is 2. The van der Waals surface area contributed by atoms with Crippen LogP contribution in [0.25, 0.3) is 0 Å². The highest BCUT2D eigenvalue weighted by atomic mass is 32.2. The fourth-order valence-corrected chi connectivity index (χ4v) is 5.86. The van der Waals surface area contributed by atoms with Crippen LogP contribution in [0.4, 0.5) is 0 Å². The van der Waals surface area contributed by atoms with Gasteiger partial charge in [0, 0.05) is 38.1 Å². The Hall–Kier alpha value is -0.660. The monoisotopic (exact) mass is 343 g/mol. The number of fused-ring (bicyclic) bond motifs is 1. The molecule has 0 bridgehead atoms. The molecular formula is C16H29N3O3S. The summed E-state index contributed by atoms with van der Waals surface area (Å²) in [6.07, 6.45) is 3.88. The van der Waals surface area contributed by atoms with Crippen molar-refractivity contribution < 1.29 is 13.2 Å². The molecule has 0 aromatic rings. The standard InChI is InChI=1S/C16H29N3O3S/c1-13(2)18-9-5-15(6-10-18)11-19(23(4,21)22)12-16(15)7-8-17(3)14(16)20/h13H,5-12H2,1-4H3. The van der Waals surface area contributed by atoms with Crippen molar-refractivity contribution in [2.45, 2.75) is 39.2 Å². The van der Waals surface area contributed by atoms with Crippen LogP contribution in [0.15, 0.2) is 0 Å². The van der Waals surface area contributed by atoms with Gasteiger partial charge in [0.15, 0.2) is 0 Å². The minimum atomic E-state index is -3.26. The van der Waals surface area contributed by atoms with Crippen molar-refractivity contribution in [3.63, 3.8) is 0 Å². The van der Waals surface area contributed by atoms with Crippen molar-refractivity contribution in [2.75, 3.05) is 46.0 Å². The first-order chi connectivity index (χ1) is 10.6. The van der Waals surface area contributed by atoms with Crippen molar-refractivity contribution in [3.8, 4) is 0 Å². The molecule has 0 radical (unpaired) electrons. The molecule has 0 aliphatic carbocycles. The van der Waals surface area contributed by atoms with E-state index in [2.05, 4.69) is 18.7 Å². The van der Waals surface area contributed by atoms with Gasteiger partial charge in [0.05, 0.1) is 11.7 Å². The molecule has 3 heterocycles. The fourth-order valence-electron chi connectivity index (χ4n) is 4.92. The lowest BCUT2D eigenvalue weighted by atomic mass is 9.60. The smallest absolute Gasteiger partial charge is 0.230 e. The predicted octanol–water partition coefficient (Wildman–Crippen LogP) is 0.601. The molecule has 1 unspecified atom stereocenters. The third kappa shape index (κ3) is 2.51. The summed E-state index contributed by atoms with van der Waals surface area (Å²) in [4.78, 5) is 17.2. The van der Waals surface area contributed by atoms with Crippen LogP contribution in [-0.2, 0) is 14.8 Å². The van der Waals surface area contributed by atoms with Gasteiger partial charge in [-0.1, -0.05) is 0 Å². The minimum absolute atomic E-state index is 0.154. The lowest BCUT2D eigenvalue weighted by Gasteiger charge is -2.47. The molecule has 6 nitrogen and oxygen atoms in total. The van der Waals surface area contributed by atoms with Crippen LogP contribution in [-0.4, -0.2) is 80.5 Å². The molecule has 0 saturated carbocycles. The molecule has 3 rings (SSSR count). The average molecular weight is 343 g/mol. The summed E-state index contributed by atoms with van der Waals surface area (Å²) in [7, 11) is -1.42. The highest BCUT2D eigenvalue weighted by Crippen LogP contribution is 2.58. The number of carbonyl (C=O) groups is 1. The normalized spacial score (nSPS) is 32.7. The molecule has 3 aliphatic heterocycles. The Morgan fingerprint density at radius 2 is 1.65 bits per heavy atom. The van der Waals surface area contributed by atoms with Crippen molar-refractivity contribution in [3.05, 3.63) is 0 Å². The van der Waals surface area contributed by atoms with Crippen LogP contribution in [0, 0.1) is 10.8 Å². The zero-order valence-electron chi connectivity index (χ0n) is 14.7. The summed E-state index contributed by atoms with van der Waals surface area (Å²) in [5.41, 5.74) is -0.697. The van der Waals surface area contributed by atoms with Gasteiger partial charge in [-0.15, -0.1) is 0 Å². The van der Waals surface area contributed by atoms with Gasteiger partial charge in [-0.05, 0) is 46.2 Å². The minimum Gasteiger partial charge on any atom is -0.345 e. The lowest BCUT2D eigenvalue weighted by Crippen LogP contribution is -2.53. The number of hydrogen-bond donors (Lipinski definition) is 0. The van der Waals surface area contributed by atoms with Gasteiger partial charge in [0.1, 0.15) is 0 Å². The van der Waals surface area contributed by atoms with Crippen LogP contribution < -0.4 is 0 Å². The Balaban J connectivity index is 1.95. The van der Waals surface area contributed by atoms with Gasteiger partial charge in [-0.2, -0.15) is 0 Å². The largest absolute Gasteiger partial charge is 0.345 e. The van der Waals surface area contributed by atoms with Gasteiger partial charge >= 0.3 is 0 Å². The van der Waals surface area contributed by atoms with E-state index in [-0.39, 0.29) is 11.3 Å². The van der Waals surface area contributed by atoms with Crippen LogP contribution in [0.3, 0.4) is 0 Å². The fraction of sp³-hybridized carbons (Fsp3) is 0.938. The van der Waals surface area contributed by atoms with E-state index in [4.69, 9.17) is 0 Å². The number of hydrogen-bond acceptors (Lipinski definition) is 4. The van der Waals surface area contributed by atoms with Crippen LogP contribution in [0.1, 0.15) is 33.1 Å². The molecule has 2 spiro atoms. The molecular weight excluding hydrogens is 314 g/mol. The molecule has 3 fully saturated rings. The van der Waals surface area contributed by atoms with E-state index in [0.717, 1.165) is 38.9 Å². The first-order valence-corrected chi connectivity index (χ1v) is 10.4. The second-order valence-electron chi connectivity index (χ2n) is 8.00. The van der Waals surface area contributed by atoms with Crippen LogP contribution >= 0.6 is 0 Å². The second kappa shape index (κ2) is 5.43. The molecule has 1 amide bonds. The van der Waals surface area contributed by atoms with E-state index in [1.807, 2.05) is 7.05 Å². The molecule has 3 aliphatic rings. The molecule has 7 heteroatoms. The summed E-state index contributed by atoms with van der Waals surface area (Å²) in [6.45, 7) is 7.92. The Morgan fingerprint density at radius 1 is 1.04 bits per heavy atom. The third-order valence-corrected chi connectivity index (χ3v) is 7.72.